The van der Waals surface area contributed by atoms with Crippen LogP contribution in [0.25, 0.3) is 0 Å². The zero-order valence-electron chi connectivity index (χ0n) is 10.4. The highest BCUT2D eigenvalue weighted by Gasteiger charge is 2.23. The van der Waals surface area contributed by atoms with Gasteiger partial charge < -0.3 is 15.0 Å². The van der Waals surface area contributed by atoms with E-state index in [2.05, 4.69) is 35.5 Å². The number of ether oxygens (including phenoxy) is 1. The van der Waals surface area contributed by atoms with Crippen molar-refractivity contribution in [2.24, 2.45) is 0 Å². The number of fused-ring (bicyclic) bond motifs is 1. The smallest absolute Gasteiger partial charge is 0.0670 e. The summed E-state index contributed by atoms with van der Waals surface area (Å²) in [6.45, 7) is 3.89. The fourth-order valence-electron chi connectivity index (χ4n) is 2.87. The monoisotopic (exact) mass is 232 g/mol. The van der Waals surface area contributed by atoms with Gasteiger partial charge in [-0.2, -0.15) is 0 Å². The minimum atomic E-state index is 0.552. The Morgan fingerprint density at radius 3 is 3.18 bits per heavy atom. The van der Waals surface area contributed by atoms with Crippen molar-refractivity contribution in [2.45, 2.75) is 25.4 Å². The third kappa shape index (κ3) is 2.05. The van der Waals surface area contributed by atoms with Gasteiger partial charge >= 0.3 is 0 Å². The van der Waals surface area contributed by atoms with E-state index in [-0.39, 0.29) is 0 Å². The van der Waals surface area contributed by atoms with E-state index >= 15 is 0 Å². The number of hydrogen-bond acceptors (Lipinski definition) is 3. The van der Waals surface area contributed by atoms with Gasteiger partial charge in [-0.25, -0.2) is 0 Å². The van der Waals surface area contributed by atoms with E-state index in [0.717, 1.165) is 39.1 Å². The van der Waals surface area contributed by atoms with Crippen LogP contribution in [0.15, 0.2) is 18.2 Å². The lowest BCUT2D eigenvalue weighted by Crippen LogP contribution is -2.34. The molecule has 17 heavy (non-hydrogen) atoms. The molecule has 1 fully saturated rings. The average Bonchev–Trinajstić information content (AvgIpc) is 2.91. The first-order valence-corrected chi connectivity index (χ1v) is 6.48. The third-order valence-electron chi connectivity index (χ3n) is 3.95. The van der Waals surface area contributed by atoms with Crippen LogP contribution in [-0.4, -0.2) is 32.8 Å². The summed E-state index contributed by atoms with van der Waals surface area (Å²) in [4.78, 5) is 2.41. The summed E-state index contributed by atoms with van der Waals surface area (Å²) >= 11 is 0. The summed E-state index contributed by atoms with van der Waals surface area (Å²) in [6, 6.07) is 7.22. The fourth-order valence-corrected chi connectivity index (χ4v) is 2.87. The van der Waals surface area contributed by atoms with Crippen LogP contribution in [0.3, 0.4) is 0 Å². The molecule has 0 aromatic heterocycles. The number of likely N-dealkylation sites (N-methyl/N-ethyl adjacent to an activating group) is 1. The molecular formula is C14H20N2O. The SMILES string of the molecule is CN(c1cccc2c1CCNC2)C1CCOC1. The van der Waals surface area contributed by atoms with E-state index in [1.165, 1.54) is 16.8 Å². The van der Waals surface area contributed by atoms with Crippen molar-refractivity contribution in [3.05, 3.63) is 29.3 Å². The molecule has 2 aliphatic rings. The van der Waals surface area contributed by atoms with Crippen molar-refractivity contribution in [1.29, 1.82) is 0 Å². The lowest BCUT2D eigenvalue weighted by Gasteiger charge is -2.30. The maximum Gasteiger partial charge on any atom is 0.0670 e. The Hall–Kier alpha value is -1.06. The summed E-state index contributed by atoms with van der Waals surface area (Å²) < 4.78 is 5.49. The van der Waals surface area contributed by atoms with Gasteiger partial charge in [0.1, 0.15) is 0 Å². The van der Waals surface area contributed by atoms with Crippen LogP contribution >= 0.6 is 0 Å². The molecule has 2 heterocycles. The number of nitrogens with zero attached hydrogens (tertiary/aromatic N) is 1. The van der Waals surface area contributed by atoms with E-state index in [1.54, 1.807) is 0 Å². The van der Waals surface area contributed by atoms with Crippen molar-refractivity contribution >= 4 is 5.69 Å². The molecule has 0 amide bonds. The average molecular weight is 232 g/mol. The Kier molecular flexibility index (Phi) is 3.04. The summed E-state index contributed by atoms with van der Waals surface area (Å²) in [5.41, 5.74) is 4.39. The zero-order valence-corrected chi connectivity index (χ0v) is 10.4. The summed E-state index contributed by atoms with van der Waals surface area (Å²) in [5, 5.41) is 3.43. The van der Waals surface area contributed by atoms with Crippen molar-refractivity contribution in [2.75, 3.05) is 31.7 Å². The summed E-state index contributed by atoms with van der Waals surface area (Å²) in [7, 11) is 2.21. The fraction of sp³-hybridized carbons (Fsp3) is 0.571. The summed E-state index contributed by atoms with van der Waals surface area (Å²) in [6.07, 6.45) is 2.29. The molecule has 1 saturated heterocycles. The van der Waals surface area contributed by atoms with Crippen molar-refractivity contribution in [3.8, 4) is 0 Å². The van der Waals surface area contributed by atoms with Gasteiger partial charge in [0.25, 0.3) is 0 Å². The van der Waals surface area contributed by atoms with Gasteiger partial charge in [-0.3, -0.25) is 0 Å². The first kappa shape index (κ1) is 11.1. The first-order chi connectivity index (χ1) is 8.36. The van der Waals surface area contributed by atoms with Crippen molar-refractivity contribution in [3.63, 3.8) is 0 Å². The van der Waals surface area contributed by atoms with Gasteiger partial charge in [-0.1, -0.05) is 12.1 Å². The van der Waals surface area contributed by atoms with Gasteiger partial charge in [-0.15, -0.1) is 0 Å². The van der Waals surface area contributed by atoms with Crippen LogP contribution in [0.4, 0.5) is 5.69 Å². The molecule has 1 aromatic carbocycles. The third-order valence-corrected chi connectivity index (χ3v) is 3.95. The van der Waals surface area contributed by atoms with E-state index < -0.39 is 0 Å². The van der Waals surface area contributed by atoms with Crippen molar-refractivity contribution < 1.29 is 4.74 Å². The Labute approximate surface area is 103 Å². The number of rotatable bonds is 2. The largest absolute Gasteiger partial charge is 0.379 e. The molecule has 0 saturated carbocycles. The first-order valence-electron chi connectivity index (χ1n) is 6.48. The van der Waals surface area contributed by atoms with Gasteiger partial charge in [0.05, 0.1) is 12.6 Å². The van der Waals surface area contributed by atoms with E-state index in [4.69, 9.17) is 4.74 Å². The van der Waals surface area contributed by atoms with Crippen molar-refractivity contribution in [1.82, 2.24) is 5.32 Å². The van der Waals surface area contributed by atoms with E-state index in [1.807, 2.05) is 0 Å². The number of anilines is 1. The highest BCUT2D eigenvalue weighted by molar-refractivity contribution is 5.58. The Morgan fingerprint density at radius 1 is 1.41 bits per heavy atom. The normalized spacial score (nSPS) is 23.5. The highest BCUT2D eigenvalue weighted by atomic mass is 16.5. The van der Waals surface area contributed by atoms with Crippen LogP contribution < -0.4 is 10.2 Å². The zero-order chi connectivity index (χ0) is 11.7. The summed E-state index contributed by atoms with van der Waals surface area (Å²) in [5.74, 6) is 0. The molecule has 1 N–H and O–H groups in total. The molecule has 1 aromatic rings. The van der Waals surface area contributed by atoms with Gasteiger partial charge in [-0.05, 0) is 36.6 Å². The number of hydrogen-bond donors (Lipinski definition) is 1. The van der Waals surface area contributed by atoms with E-state index in [0.29, 0.717) is 6.04 Å². The van der Waals surface area contributed by atoms with Gasteiger partial charge in [0, 0.05) is 25.9 Å². The molecule has 2 aliphatic heterocycles. The highest BCUT2D eigenvalue weighted by Crippen LogP contribution is 2.28. The molecule has 0 radical (unpaired) electrons. The molecule has 92 valence electrons. The molecule has 1 atom stereocenters. The predicted molar refractivity (Wildman–Crippen MR) is 69.5 cm³/mol. The number of benzene rings is 1. The lowest BCUT2D eigenvalue weighted by molar-refractivity contribution is 0.193. The lowest BCUT2D eigenvalue weighted by atomic mass is 9.98. The molecule has 1 unspecified atom stereocenters. The predicted octanol–water partition coefficient (Wildman–Crippen LogP) is 1.56. The quantitative estimate of drug-likeness (QED) is 0.837. The maximum absolute atomic E-state index is 5.49. The Bertz CT molecular complexity index is 399. The van der Waals surface area contributed by atoms with Crippen LogP contribution in [0.1, 0.15) is 17.5 Å². The standard InChI is InChI=1S/C14H20N2O/c1-16(12-6-8-17-10-12)14-4-2-3-11-9-15-7-5-13(11)14/h2-4,12,15H,5-10H2,1H3. The second kappa shape index (κ2) is 4.67. The minimum Gasteiger partial charge on any atom is -0.379 e. The second-order valence-electron chi connectivity index (χ2n) is 4.97. The van der Waals surface area contributed by atoms with Gasteiger partial charge in [0.2, 0.25) is 0 Å². The molecule has 0 spiro atoms. The molecule has 3 rings (SSSR count). The van der Waals surface area contributed by atoms with Crippen LogP contribution in [-0.2, 0) is 17.7 Å². The topological polar surface area (TPSA) is 24.5 Å². The van der Waals surface area contributed by atoms with Gasteiger partial charge in [0.15, 0.2) is 0 Å². The molecular weight excluding hydrogens is 212 g/mol. The molecule has 3 heteroatoms. The second-order valence-corrected chi connectivity index (χ2v) is 4.97. The van der Waals surface area contributed by atoms with Crippen LogP contribution in [0.5, 0.6) is 0 Å². The Balaban J connectivity index is 1.91. The van der Waals surface area contributed by atoms with Crippen LogP contribution in [0.2, 0.25) is 0 Å². The van der Waals surface area contributed by atoms with Crippen LogP contribution in [0, 0.1) is 0 Å². The minimum absolute atomic E-state index is 0.552. The van der Waals surface area contributed by atoms with E-state index in [9.17, 15) is 0 Å². The molecule has 0 bridgehead atoms. The Morgan fingerprint density at radius 2 is 2.35 bits per heavy atom. The maximum atomic E-state index is 5.49. The molecule has 3 nitrogen and oxygen atoms in total. The number of nitrogens with one attached hydrogen (secondary N) is 1. The molecule has 0 aliphatic carbocycles.